The molecule has 0 radical (unpaired) electrons. The molecule has 0 aromatic heterocycles. The Labute approximate surface area is 145 Å². The first-order valence-electron chi connectivity index (χ1n) is 7.25. The highest BCUT2D eigenvalue weighted by molar-refractivity contribution is 6.33. The van der Waals surface area contributed by atoms with E-state index < -0.39 is 5.82 Å². The van der Waals surface area contributed by atoms with E-state index in [2.05, 4.69) is 5.32 Å². The van der Waals surface area contributed by atoms with E-state index in [1.807, 2.05) is 0 Å². The van der Waals surface area contributed by atoms with Crippen molar-refractivity contribution < 1.29 is 14.0 Å². The summed E-state index contributed by atoms with van der Waals surface area (Å²) in [6.45, 7) is 1.70. The van der Waals surface area contributed by atoms with Crippen LogP contribution < -0.4 is 11.1 Å². The van der Waals surface area contributed by atoms with Crippen molar-refractivity contribution in [2.45, 2.75) is 12.8 Å². The van der Waals surface area contributed by atoms with Crippen molar-refractivity contribution in [2.24, 2.45) is 11.7 Å². The lowest BCUT2D eigenvalue weighted by Crippen LogP contribution is -2.46. The Balaban J connectivity index is 0.00000264. The van der Waals surface area contributed by atoms with E-state index in [1.165, 1.54) is 12.1 Å². The van der Waals surface area contributed by atoms with Crippen molar-refractivity contribution in [1.82, 2.24) is 10.2 Å². The first-order valence-corrected chi connectivity index (χ1v) is 7.63. The van der Waals surface area contributed by atoms with Crippen LogP contribution >= 0.6 is 24.0 Å². The molecule has 128 valence electrons. The van der Waals surface area contributed by atoms with E-state index in [0.717, 1.165) is 18.9 Å². The Morgan fingerprint density at radius 2 is 2.17 bits per heavy atom. The van der Waals surface area contributed by atoms with Crippen LogP contribution in [0.3, 0.4) is 0 Å². The number of benzene rings is 1. The van der Waals surface area contributed by atoms with E-state index in [1.54, 1.807) is 4.90 Å². The largest absolute Gasteiger partial charge is 0.355 e. The third kappa shape index (κ3) is 5.06. The molecule has 1 saturated heterocycles. The number of halogens is 3. The summed E-state index contributed by atoms with van der Waals surface area (Å²) in [5, 5.41) is 2.83. The Morgan fingerprint density at radius 1 is 1.43 bits per heavy atom. The molecule has 1 aromatic rings. The van der Waals surface area contributed by atoms with E-state index in [0.29, 0.717) is 26.2 Å². The first-order chi connectivity index (χ1) is 10.5. The van der Waals surface area contributed by atoms with Crippen molar-refractivity contribution in [3.8, 4) is 0 Å². The second-order valence-corrected chi connectivity index (χ2v) is 5.70. The highest BCUT2D eigenvalue weighted by atomic mass is 35.5. The second-order valence-electron chi connectivity index (χ2n) is 5.29. The average Bonchev–Trinajstić information content (AvgIpc) is 2.52. The number of nitrogens with one attached hydrogen (secondary N) is 1. The molecule has 0 bridgehead atoms. The molecule has 8 heteroatoms. The highest BCUT2D eigenvalue weighted by Crippen LogP contribution is 2.23. The maximum atomic E-state index is 13.1. The van der Waals surface area contributed by atoms with Gasteiger partial charge < -0.3 is 16.0 Å². The first kappa shape index (κ1) is 19.7. The fourth-order valence-corrected chi connectivity index (χ4v) is 2.80. The molecule has 1 aliphatic rings. The molecule has 1 aromatic carbocycles. The van der Waals surface area contributed by atoms with Gasteiger partial charge in [-0.2, -0.15) is 0 Å². The maximum absolute atomic E-state index is 13.1. The van der Waals surface area contributed by atoms with Crippen LogP contribution in [0.15, 0.2) is 18.2 Å². The zero-order chi connectivity index (χ0) is 16.1. The van der Waals surface area contributed by atoms with Crippen LogP contribution in [0.4, 0.5) is 4.39 Å². The summed E-state index contributed by atoms with van der Waals surface area (Å²) >= 11 is 5.93. The molecule has 1 aliphatic heterocycles. The van der Waals surface area contributed by atoms with Gasteiger partial charge in [0.1, 0.15) is 5.82 Å². The minimum atomic E-state index is -0.487. The van der Waals surface area contributed by atoms with Crippen molar-refractivity contribution in [1.29, 1.82) is 0 Å². The van der Waals surface area contributed by atoms with Gasteiger partial charge in [0, 0.05) is 26.2 Å². The summed E-state index contributed by atoms with van der Waals surface area (Å²) < 4.78 is 13.1. The summed E-state index contributed by atoms with van der Waals surface area (Å²) in [5.74, 6) is -1.10. The summed E-state index contributed by atoms with van der Waals surface area (Å²) in [7, 11) is 0. The average molecular weight is 364 g/mol. The Morgan fingerprint density at radius 3 is 2.83 bits per heavy atom. The lowest BCUT2D eigenvalue weighted by molar-refractivity contribution is -0.126. The van der Waals surface area contributed by atoms with Crippen molar-refractivity contribution in [3.63, 3.8) is 0 Å². The smallest absolute Gasteiger partial charge is 0.255 e. The zero-order valence-corrected chi connectivity index (χ0v) is 14.1. The molecule has 0 saturated carbocycles. The summed E-state index contributed by atoms with van der Waals surface area (Å²) in [4.78, 5) is 26.1. The molecule has 1 atom stereocenters. The monoisotopic (exact) mass is 363 g/mol. The lowest BCUT2D eigenvalue weighted by Gasteiger charge is -2.32. The van der Waals surface area contributed by atoms with E-state index in [-0.39, 0.29) is 40.7 Å². The Hall–Kier alpha value is -1.37. The molecule has 0 spiro atoms. The van der Waals surface area contributed by atoms with Crippen molar-refractivity contribution >= 4 is 35.8 Å². The number of rotatable bonds is 4. The van der Waals surface area contributed by atoms with Gasteiger partial charge in [0.05, 0.1) is 16.5 Å². The van der Waals surface area contributed by atoms with Gasteiger partial charge in [-0.1, -0.05) is 11.6 Å². The molecule has 1 heterocycles. The van der Waals surface area contributed by atoms with Gasteiger partial charge in [-0.3, -0.25) is 9.59 Å². The highest BCUT2D eigenvalue weighted by Gasteiger charge is 2.29. The lowest BCUT2D eigenvalue weighted by atomic mass is 9.96. The van der Waals surface area contributed by atoms with Crippen molar-refractivity contribution in [2.75, 3.05) is 26.2 Å². The maximum Gasteiger partial charge on any atom is 0.255 e. The molecule has 1 unspecified atom stereocenters. The molecular formula is C15H20Cl2FN3O2. The number of piperidine rings is 1. The van der Waals surface area contributed by atoms with E-state index in [4.69, 9.17) is 17.3 Å². The Bertz CT molecular complexity index is 572. The number of amides is 2. The van der Waals surface area contributed by atoms with Gasteiger partial charge in [-0.05, 0) is 31.0 Å². The standard InChI is InChI=1S/C15H19ClFN3O2.ClH/c16-13-8-11(17)3-4-12(13)15(22)20-7-1-2-10(9-20)14(21)19-6-5-18;/h3-4,8,10H,1-2,5-7,9,18H2,(H,19,21);1H. The quantitative estimate of drug-likeness (QED) is 0.856. The van der Waals surface area contributed by atoms with E-state index in [9.17, 15) is 14.0 Å². The molecule has 0 aliphatic carbocycles. The SMILES string of the molecule is Cl.NCCNC(=O)C1CCCN(C(=O)c2ccc(F)cc2Cl)C1. The zero-order valence-electron chi connectivity index (χ0n) is 12.6. The second kappa shape index (κ2) is 9.05. The van der Waals surface area contributed by atoms with Crippen LogP contribution in [0.2, 0.25) is 5.02 Å². The van der Waals surface area contributed by atoms with Crippen LogP contribution in [-0.4, -0.2) is 42.9 Å². The number of carbonyl (C=O) groups is 2. The number of hydrogen-bond acceptors (Lipinski definition) is 3. The minimum Gasteiger partial charge on any atom is -0.355 e. The number of carbonyl (C=O) groups excluding carboxylic acids is 2. The number of nitrogens with zero attached hydrogens (tertiary/aromatic N) is 1. The van der Waals surface area contributed by atoms with Gasteiger partial charge in [0.25, 0.3) is 5.91 Å². The third-order valence-corrected chi connectivity index (χ3v) is 4.00. The predicted molar refractivity (Wildman–Crippen MR) is 89.3 cm³/mol. The van der Waals surface area contributed by atoms with Crippen LogP contribution in [0, 0.1) is 11.7 Å². The molecule has 1 fully saturated rings. The number of nitrogens with two attached hydrogens (primary N) is 1. The van der Waals surface area contributed by atoms with Gasteiger partial charge in [-0.15, -0.1) is 12.4 Å². The minimum absolute atomic E-state index is 0. The van der Waals surface area contributed by atoms with Gasteiger partial charge in [0.2, 0.25) is 5.91 Å². The van der Waals surface area contributed by atoms with Gasteiger partial charge >= 0.3 is 0 Å². The Kier molecular flexibility index (Phi) is 7.75. The van der Waals surface area contributed by atoms with Gasteiger partial charge in [-0.25, -0.2) is 4.39 Å². The number of hydrogen-bond donors (Lipinski definition) is 2. The van der Waals surface area contributed by atoms with Crippen molar-refractivity contribution in [3.05, 3.63) is 34.6 Å². The van der Waals surface area contributed by atoms with Crippen LogP contribution in [0.5, 0.6) is 0 Å². The normalized spacial score (nSPS) is 17.3. The van der Waals surface area contributed by atoms with E-state index >= 15 is 0 Å². The molecule has 5 nitrogen and oxygen atoms in total. The summed E-state index contributed by atoms with van der Waals surface area (Å²) in [6, 6.07) is 3.69. The summed E-state index contributed by atoms with van der Waals surface area (Å²) in [6.07, 6.45) is 1.47. The molecule has 2 rings (SSSR count). The molecule has 3 N–H and O–H groups in total. The fourth-order valence-electron chi connectivity index (χ4n) is 2.55. The molecule has 23 heavy (non-hydrogen) atoms. The van der Waals surface area contributed by atoms with Crippen LogP contribution in [0.25, 0.3) is 0 Å². The van der Waals surface area contributed by atoms with Gasteiger partial charge in [0.15, 0.2) is 0 Å². The summed E-state index contributed by atoms with van der Waals surface area (Å²) in [5.41, 5.74) is 5.62. The molecular weight excluding hydrogens is 344 g/mol. The van der Waals surface area contributed by atoms with Crippen LogP contribution in [-0.2, 0) is 4.79 Å². The number of likely N-dealkylation sites (tertiary alicyclic amines) is 1. The third-order valence-electron chi connectivity index (χ3n) is 3.68. The molecule has 2 amide bonds. The van der Waals surface area contributed by atoms with Crippen LogP contribution in [0.1, 0.15) is 23.2 Å². The predicted octanol–water partition coefficient (Wildman–Crippen LogP) is 1.83. The topological polar surface area (TPSA) is 75.4 Å². The fraction of sp³-hybridized carbons (Fsp3) is 0.467.